The van der Waals surface area contributed by atoms with Crippen LogP contribution in [0.15, 0.2) is 6.58 Å². The van der Waals surface area contributed by atoms with E-state index in [0.29, 0.717) is 0 Å². The Bertz CT molecular complexity index is 341. The molecule has 0 aromatic carbocycles. The smallest absolute Gasteiger partial charge is 0.108 e. The van der Waals surface area contributed by atoms with Gasteiger partial charge >= 0.3 is 0 Å². The van der Waals surface area contributed by atoms with Crippen molar-refractivity contribution in [2.75, 3.05) is 26.2 Å². The zero-order valence-electron chi connectivity index (χ0n) is 13.1. The van der Waals surface area contributed by atoms with Crippen LogP contribution in [0.25, 0.3) is 6.08 Å². The van der Waals surface area contributed by atoms with E-state index in [2.05, 4.69) is 28.7 Å². The molecule has 1 aromatic heterocycles. The molecule has 1 aliphatic rings. The molecule has 1 fully saturated rings. The van der Waals surface area contributed by atoms with E-state index in [1.165, 1.54) is 9.88 Å². The molecule has 1 saturated heterocycles. The van der Waals surface area contributed by atoms with Crippen LogP contribution in [0.4, 0.5) is 0 Å². The number of hydrogen-bond donors (Lipinski definition) is 1. The molecule has 0 saturated carbocycles. The SMILES string of the molecule is C=Cc1nc(CN2CCNCC2)sc1C.CC.CC. The predicted octanol–water partition coefficient (Wildman–Crippen LogP) is 3.55. The molecule has 0 bridgehead atoms. The molecular formula is C15H29N3S. The lowest BCUT2D eigenvalue weighted by Gasteiger charge is -2.26. The predicted molar refractivity (Wildman–Crippen MR) is 87.8 cm³/mol. The van der Waals surface area contributed by atoms with Crippen molar-refractivity contribution in [2.45, 2.75) is 41.2 Å². The topological polar surface area (TPSA) is 28.2 Å². The van der Waals surface area contributed by atoms with Gasteiger partial charge in [-0.25, -0.2) is 4.98 Å². The molecule has 1 aromatic rings. The van der Waals surface area contributed by atoms with Crippen LogP contribution in [0.1, 0.15) is 43.3 Å². The minimum atomic E-state index is 0.987. The van der Waals surface area contributed by atoms with Gasteiger partial charge in [0.15, 0.2) is 0 Å². The molecule has 0 radical (unpaired) electrons. The van der Waals surface area contributed by atoms with Gasteiger partial charge in [0.2, 0.25) is 0 Å². The number of aryl methyl sites for hydroxylation is 1. The fourth-order valence-electron chi connectivity index (χ4n) is 1.78. The van der Waals surface area contributed by atoms with Crippen molar-refractivity contribution >= 4 is 17.4 Å². The van der Waals surface area contributed by atoms with E-state index in [-0.39, 0.29) is 0 Å². The molecular weight excluding hydrogens is 254 g/mol. The number of thiazole rings is 1. The second-order valence-electron chi connectivity index (χ2n) is 3.78. The van der Waals surface area contributed by atoms with Crippen molar-refractivity contribution in [2.24, 2.45) is 0 Å². The van der Waals surface area contributed by atoms with Crippen LogP contribution in [-0.4, -0.2) is 36.1 Å². The summed E-state index contributed by atoms with van der Waals surface area (Å²) in [6.45, 7) is 19.3. The molecule has 3 nitrogen and oxygen atoms in total. The van der Waals surface area contributed by atoms with Crippen molar-refractivity contribution in [3.05, 3.63) is 22.2 Å². The molecule has 2 heterocycles. The Morgan fingerprint density at radius 1 is 1.26 bits per heavy atom. The number of aromatic nitrogens is 1. The Morgan fingerprint density at radius 3 is 2.32 bits per heavy atom. The quantitative estimate of drug-likeness (QED) is 0.919. The van der Waals surface area contributed by atoms with Gasteiger partial charge < -0.3 is 5.32 Å². The second kappa shape index (κ2) is 11.1. The van der Waals surface area contributed by atoms with E-state index in [0.717, 1.165) is 38.4 Å². The maximum absolute atomic E-state index is 4.56. The van der Waals surface area contributed by atoms with Crippen LogP contribution < -0.4 is 5.32 Å². The van der Waals surface area contributed by atoms with E-state index >= 15 is 0 Å². The molecule has 19 heavy (non-hydrogen) atoms. The second-order valence-corrected chi connectivity index (χ2v) is 5.07. The van der Waals surface area contributed by atoms with Crippen LogP contribution in [-0.2, 0) is 6.54 Å². The molecule has 1 N–H and O–H groups in total. The number of nitrogens with zero attached hydrogens (tertiary/aromatic N) is 2. The van der Waals surface area contributed by atoms with E-state index in [4.69, 9.17) is 0 Å². The van der Waals surface area contributed by atoms with Crippen LogP contribution in [0, 0.1) is 6.92 Å². The summed E-state index contributed by atoms with van der Waals surface area (Å²) in [6, 6.07) is 0. The van der Waals surface area contributed by atoms with Gasteiger partial charge in [-0.3, -0.25) is 4.90 Å². The van der Waals surface area contributed by atoms with Crippen LogP contribution in [0.3, 0.4) is 0 Å². The third-order valence-electron chi connectivity index (χ3n) is 2.64. The average molecular weight is 283 g/mol. The Labute approximate surface area is 122 Å². The fourth-order valence-corrected chi connectivity index (χ4v) is 2.76. The monoisotopic (exact) mass is 283 g/mol. The molecule has 0 unspecified atom stereocenters. The average Bonchev–Trinajstić information content (AvgIpc) is 2.84. The normalized spacial score (nSPS) is 14.8. The highest BCUT2D eigenvalue weighted by Crippen LogP contribution is 2.19. The maximum atomic E-state index is 4.56. The van der Waals surface area contributed by atoms with E-state index in [1.807, 2.05) is 33.8 Å². The van der Waals surface area contributed by atoms with Gasteiger partial charge in [0, 0.05) is 31.1 Å². The summed E-state index contributed by atoms with van der Waals surface area (Å²) in [4.78, 5) is 8.28. The van der Waals surface area contributed by atoms with Crippen molar-refractivity contribution in [3.8, 4) is 0 Å². The van der Waals surface area contributed by atoms with Gasteiger partial charge in [-0.15, -0.1) is 11.3 Å². The zero-order valence-corrected chi connectivity index (χ0v) is 13.9. The number of piperazine rings is 1. The minimum absolute atomic E-state index is 0.987. The first-order valence-electron chi connectivity index (χ1n) is 7.31. The lowest BCUT2D eigenvalue weighted by molar-refractivity contribution is 0.233. The maximum Gasteiger partial charge on any atom is 0.108 e. The Hall–Kier alpha value is -0.710. The highest BCUT2D eigenvalue weighted by Gasteiger charge is 2.12. The number of nitrogens with one attached hydrogen (secondary N) is 1. The molecule has 0 amide bonds. The Morgan fingerprint density at radius 2 is 1.84 bits per heavy atom. The molecule has 1 aliphatic heterocycles. The summed E-state index contributed by atoms with van der Waals surface area (Å²) < 4.78 is 0. The zero-order chi connectivity index (χ0) is 14.7. The van der Waals surface area contributed by atoms with Gasteiger partial charge in [-0.2, -0.15) is 0 Å². The summed E-state index contributed by atoms with van der Waals surface area (Å²) in [7, 11) is 0. The van der Waals surface area contributed by atoms with Crippen LogP contribution in [0.2, 0.25) is 0 Å². The summed E-state index contributed by atoms with van der Waals surface area (Å²) in [5.41, 5.74) is 1.05. The summed E-state index contributed by atoms with van der Waals surface area (Å²) in [5, 5.41) is 4.57. The van der Waals surface area contributed by atoms with Crippen LogP contribution in [0.5, 0.6) is 0 Å². The largest absolute Gasteiger partial charge is 0.314 e. The van der Waals surface area contributed by atoms with Gasteiger partial charge in [0.05, 0.1) is 12.2 Å². The number of hydrogen-bond acceptors (Lipinski definition) is 4. The first kappa shape index (κ1) is 18.3. The fraction of sp³-hybridized carbons (Fsp3) is 0.667. The van der Waals surface area contributed by atoms with Crippen LogP contribution >= 0.6 is 11.3 Å². The summed E-state index contributed by atoms with van der Waals surface area (Å²) in [6.07, 6.45) is 1.84. The molecule has 0 aliphatic carbocycles. The minimum Gasteiger partial charge on any atom is -0.314 e. The van der Waals surface area contributed by atoms with Gasteiger partial charge in [-0.05, 0) is 13.0 Å². The first-order chi connectivity index (χ1) is 9.29. The lowest BCUT2D eigenvalue weighted by Crippen LogP contribution is -2.42. The molecule has 110 valence electrons. The molecule has 0 spiro atoms. The van der Waals surface area contributed by atoms with Crippen molar-refractivity contribution in [1.82, 2.24) is 15.2 Å². The third kappa shape index (κ3) is 6.32. The standard InChI is InChI=1S/C11H17N3S.2C2H6/c1-3-10-9(2)15-11(13-10)8-14-6-4-12-5-7-14;2*1-2/h3,12H,1,4-8H2,2H3;2*1-2H3. The van der Waals surface area contributed by atoms with Gasteiger partial charge in [0.25, 0.3) is 0 Å². The first-order valence-corrected chi connectivity index (χ1v) is 8.13. The van der Waals surface area contributed by atoms with E-state index in [1.54, 1.807) is 11.3 Å². The van der Waals surface area contributed by atoms with Gasteiger partial charge in [-0.1, -0.05) is 34.3 Å². The highest BCUT2D eigenvalue weighted by atomic mass is 32.1. The molecule has 0 atom stereocenters. The molecule has 2 rings (SSSR count). The highest BCUT2D eigenvalue weighted by molar-refractivity contribution is 7.11. The van der Waals surface area contributed by atoms with Crippen molar-refractivity contribution in [3.63, 3.8) is 0 Å². The Kier molecular flexibility index (Phi) is 10.7. The Balaban J connectivity index is 0.000000741. The van der Waals surface area contributed by atoms with E-state index < -0.39 is 0 Å². The third-order valence-corrected chi connectivity index (χ3v) is 3.61. The summed E-state index contributed by atoms with van der Waals surface area (Å²) in [5.74, 6) is 0. The van der Waals surface area contributed by atoms with E-state index in [9.17, 15) is 0 Å². The van der Waals surface area contributed by atoms with Gasteiger partial charge in [0.1, 0.15) is 5.01 Å². The van der Waals surface area contributed by atoms with Crippen molar-refractivity contribution in [1.29, 1.82) is 0 Å². The lowest BCUT2D eigenvalue weighted by atomic mass is 10.3. The summed E-state index contributed by atoms with van der Waals surface area (Å²) >= 11 is 1.79. The number of rotatable bonds is 3. The van der Waals surface area contributed by atoms with Crippen molar-refractivity contribution < 1.29 is 0 Å². The molecule has 4 heteroatoms.